The zero-order valence-corrected chi connectivity index (χ0v) is 21.2. The van der Waals surface area contributed by atoms with Crippen LogP contribution in [0, 0.1) is 31.1 Å². The molecule has 10 heteroatoms. The molecule has 8 nitrogen and oxygen atoms in total. The van der Waals surface area contributed by atoms with Crippen LogP contribution in [0.25, 0.3) is 10.9 Å². The average molecular weight is 512 g/mol. The van der Waals surface area contributed by atoms with E-state index >= 15 is 0 Å². The maximum Gasteiger partial charge on any atom is 0.344 e. The Hall–Kier alpha value is -3.71. The van der Waals surface area contributed by atoms with E-state index in [1.54, 1.807) is 17.9 Å². The van der Waals surface area contributed by atoms with Crippen LogP contribution in [-0.4, -0.2) is 53.0 Å². The van der Waals surface area contributed by atoms with E-state index in [0.29, 0.717) is 42.2 Å². The molecule has 1 aromatic carbocycles. The molecule has 1 amide bonds. The third kappa shape index (κ3) is 5.67. The van der Waals surface area contributed by atoms with Crippen molar-refractivity contribution < 1.29 is 18.3 Å². The normalized spacial score (nSPS) is 15.0. The molecule has 4 rings (SSSR count). The molecule has 37 heavy (non-hydrogen) atoms. The molecule has 0 aliphatic carbocycles. The van der Waals surface area contributed by atoms with E-state index in [2.05, 4.69) is 14.9 Å². The standard InChI is InChI=1S/C27H31F2N5O3/c1-17-12-23(37-3)21(25(35)32-17)13-31-26(36)24-18(2)34(22-7-5-4-6-20(22)24)14-19-8-10-33(11-9-19)16-27(28,29)15-30/h4-7,12,19H,8-11,13-14,16H2,1-3H3,(H,31,36)(H,32,35). The van der Waals surface area contributed by atoms with Crippen molar-refractivity contribution in [2.75, 3.05) is 26.7 Å². The first-order valence-electron chi connectivity index (χ1n) is 12.3. The summed E-state index contributed by atoms with van der Waals surface area (Å²) in [6, 6.07) is 10.5. The predicted molar refractivity (Wildman–Crippen MR) is 136 cm³/mol. The van der Waals surface area contributed by atoms with E-state index in [9.17, 15) is 18.4 Å². The molecule has 1 fully saturated rings. The van der Waals surface area contributed by atoms with Gasteiger partial charge in [0, 0.05) is 28.8 Å². The Balaban J connectivity index is 1.52. The van der Waals surface area contributed by atoms with Gasteiger partial charge in [-0.15, -0.1) is 0 Å². The van der Waals surface area contributed by atoms with Crippen LogP contribution in [0.1, 0.15) is 40.2 Å². The van der Waals surface area contributed by atoms with Gasteiger partial charge in [0.05, 0.1) is 31.3 Å². The Morgan fingerprint density at radius 3 is 2.65 bits per heavy atom. The Morgan fingerprint density at radius 1 is 1.27 bits per heavy atom. The maximum atomic E-state index is 13.5. The summed E-state index contributed by atoms with van der Waals surface area (Å²) in [5.74, 6) is -2.95. The van der Waals surface area contributed by atoms with Gasteiger partial charge in [-0.25, -0.2) is 0 Å². The molecule has 0 bridgehead atoms. The minimum absolute atomic E-state index is 0.0162. The van der Waals surface area contributed by atoms with Crippen molar-refractivity contribution in [1.82, 2.24) is 19.8 Å². The fraction of sp³-hybridized carbons (Fsp3) is 0.444. The quantitative estimate of drug-likeness (QED) is 0.480. The number of aryl methyl sites for hydroxylation is 1. The van der Waals surface area contributed by atoms with Gasteiger partial charge in [-0.2, -0.15) is 14.0 Å². The molecule has 1 aliphatic heterocycles. The third-order valence-corrected chi connectivity index (χ3v) is 7.07. The Labute approximate surface area is 213 Å². The lowest BCUT2D eigenvalue weighted by atomic mass is 9.96. The van der Waals surface area contributed by atoms with E-state index < -0.39 is 12.5 Å². The second-order valence-electron chi connectivity index (χ2n) is 9.64. The number of likely N-dealkylation sites (tertiary alicyclic amines) is 1. The zero-order chi connectivity index (χ0) is 26.7. The number of carbonyl (C=O) groups excluding carboxylic acids is 1. The Kier molecular flexibility index (Phi) is 7.64. The number of methoxy groups -OCH3 is 1. The molecular weight excluding hydrogens is 480 g/mol. The number of carbonyl (C=O) groups is 1. The SMILES string of the molecule is COc1cc(C)[nH]c(=O)c1CNC(=O)c1c(C)n(CC2CCN(CC(F)(F)C#N)CC2)c2ccccc12. The van der Waals surface area contributed by atoms with Crippen molar-refractivity contribution in [3.05, 3.63) is 63.2 Å². The van der Waals surface area contributed by atoms with Gasteiger partial charge in [-0.3, -0.25) is 14.5 Å². The second-order valence-corrected chi connectivity index (χ2v) is 9.64. The number of halogens is 2. The van der Waals surface area contributed by atoms with Crippen LogP contribution in [0.15, 0.2) is 35.1 Å². The highest BCUT2D eigenvalue weighted by atomic mass is 19.3. The van der Waals surface area contributed by atoms with Crippen LogP contribution in [0.5, 0.6) is 5.75 Å². The lowest BCUT2D eigenvalue weighted by Crippen LogP contribution is -2.41. The second kappa shape index (κ2) is 10.7. The number of pyridine rings is 1. The number of H-pyrrole nitrogens is 1. The smallest absolute Gasteiger partial charge is 0.344 e. The summed E-state index contributed by atoms with van der Waals surface area (Å²) in [4.78, 5) is 30.2. The van der Waals surface area contributed by atoms with Crippen LogP contribution in [0.3, 0.4) is 0 Å². The van der Waals surface area contributed by atoms with Gasteiger partial charge in [-0.05, 0) is 57.8 Å². The number of aromatic nitrogens is 2. The predicted octanol–water partition coefficient (Wildman–Crippen LogP) is 3.76. The summed E-state index contributed by atoms with van der Waals surface area (Å²) >= 11 is 0. The minimum atomic E-state index is -3.34. The number of ether oxygens (including phenoxy) is 1. The number of nitriles is 1. The zero-order valence-electron chi connectivity index (χ0n) is 21.2. The highest BCUT2D eigenvalue weighted by Gasteiger charge is 2.33. The van der Waals surface area contributed by atoms with Gasteiger partial charge in [0.15, 0.2) is 0 Å². The fourth-order valence-electron chi connectivity index (χ4n) is 5.15. The number of rotatable bonds is 8. The van der Waals surface area contributed by atoms with Crippen LogP contribution >= 0.6 is 0 Å². The van der Waals surface area contributed by atoms with Gasteiger partial charge in [0.1, 0.15) is 11.8 Å². The van der Waals surface area contributed by atoms with Gasteiger partial charge in [0.2, 0.25) is 0 Å². The molecule has 0 saturated carbocycles. The molecule has 0 atom stereocenters. The summed E-state index contributed by atoms with van der Waals surface area (Å²) in [6.45, 7) is 4.80. The lowest BCUT2D eigenvalue weighted by molar-refractivity contribution is 0.00932. The molecule has 3 heterocycles. The first-order valence-corrected chi connectivity index (χ1v) is 12.3. The van der Waals surface area contributed by atoms with Crippen LogP contribution in [0.2, 0.25) is 0 Å². The minimum Gasteiger partial charge on any atom is -0.496 e. The van der Waals surface area contributed by atoms with Gasteiger partial charge in [-0.1, -0.05) is 18.2 Å². The monoisotopic (exact) mass is 511 g/mol. The first-order chi connectivity index (χ1) is 17.6. The van der Waals surface area contributed by atoms with Crippen molar-refractivity contribution in [2.24, 2.45) is 5.92 Å². The molecule has 0 radical (unpaired) electrons. The number of amides is 1. The van der Waals surface area contributed by atoms with Gasteiger partial charge >= 0.3 is 5.92 Å². The van der Waals surface area contributed by atoms with E-state index in [4.69, 9.17) is 10.00 Å². The maximum absolute atomic E-state index is 13.5. The van der Waals surface area contributed by atoms with Crippen molar-refractivity contribution in [3.63, 3.8) is 0 Å². The number of piperidine rings is 1. The van der Waals surface area contributed by atoms with E-state index in [1.165, 1.54) is 7.11 Å². The van der Waals surface area contributed by atoms with Gasteiger partial charge in [0.25, 0.3) is 11.5 Å². The summed E-state index contributed by atoms with van der Waals surface area (Å²) < 4.78 is 34.4. The van der Waals surface area contributed by atoms with E-state index in [0.717, 1.165) is 35.5 Å². The third-order valence-electron chi connectivity index (χ3n) is 7.07. The summed E-state index contributed by atoms with van der Waals surface area (Å²) in [5, 5.41) is 12.3. The Bertz CT molecular complexity index is 1400. The first kappa shape index (κ1) is 26.4. The van der Waals surface area contributed by atoms with Crippen molar-refractivity contribution in [3.8, 4) is 11.8 Å². The lowest BCUT2D eigenvalue weighted by Gasteiger charge is -2.33. The summed E-state index contributed by atoms with van der Waals surface area (Å²) in [7, 11) is 1.48. The molecule has 1 aliphatic rings. The number of alkyl halides is 2. The molecular formula is C27H31F2N5O3. The topological polar surface area (TPSA) is 103 Å². The van der Waals surface area contributed by atoms with Crippen LogP contribution in [0.4, 0.5) is 8.78 Å². The number of benzene rings is 1. The molecule has 1 saturated heterocycles. The number of aromatic amines is 1. The molecule has 196 valence electrons. The number of fused-ring (bicyclic) bond motifs is 1. The number of nitrogens with one attached hydrogen (secondary N) is 2. The van der Waals surface area contributed by atoms with E-state index in [1.807, 2.05) is 31.2 Å². The van der Waals surface area contributed by atoms with Crippen molar-refractivity contribution in [1.29, 1.82) is 5.26 Å². The van der Waals surface area contributed by atoms with Crippen molar-refractivity contribution in [2.45, 2.75) is 45.7 Å². The highest BCUT2D eigenvalue weighted by molar-refractivity contribution is 6.08. The number of para-hydroxylation sites is 1. The molecule has 2 N–H and O–H groups in total. The average Bonchev–Trinajstić information content (AvgIpc) is 3.15. The molecule has 3 aromatic rings. The molecule has 0 unspecified atom stereocenters. The molecule has 0 spiro atoms. The number of hydrogen-bond donors (Lipinski definition) is 2. The summed E-state index contributed by atoms with van der Waals surface area (Å²) in [5.41, 5.74) is 2.98. The van der Waals surface area contributed by atoms with E-state index in [-0.39, 0.29) is 23.9 Å². The van der Waals surface area contributed by atoms with Crippen molar-refractivity contribution >= 4 is 16.8 Å². The van der Waals surface area contributed by atoms with Crippen LogP contribution < -0.4 is 15.6 Å². The number of hydrogen-bond acceptors (Lipinski definition) is 5. The van der Waals surface area contributed by atoms with Gasteiger partial charge < -0.3 is 19.6 Å². The fourth-order valence-corrected chi connectivity index (χ4v) is 5.15. The largest absolute Gasteiger partial charge is 0.496 e. The van der Waals surface area contributed by atoms with Crippen LogP contribution in [-0.2, 0) is 13.1 Å². The Morgan fingerprint density at radius 2 is 1.97 bits per heavy atom. The molecule has 2 aromatic heterocycles. The highest BCUT2D eigenvalue weighted by Crippen LogP contribution is 2.30. The summed E-state index contributed by atoms with van der Waals surface area (Å²) in [6.07, 6.45) is 1.45. The number of nitrogens with zero attached hydrogens (tertiary/aromatic N) is 3.